The number of unbranched alkanes of at least 4 members (excludes halogenated alkanes) is 14. The topological polar surface area (TPSA) is 33.7 Å². The number of hydrogen-bond acceptors (Lipinski definition) is 2. The molecule has 1 aliphatic heterocycles. The predicted octanol–water partition coefficient (Wildman–Crippen LogP) is 6.06. The molecule has 2 N–H and O–H groups in total. The van der Waals surface area contributed by atoms with Gasteiger partial charge < -0.3 is 22.7 Å². The Labute approximate surface area is 170 Å². The molecular weight excluding hydrogens is 338 g/mol. The fourth-order valence-corrected chi connectivity index (χ4v) is 3.68. The average Bonchev–Trinajstić information content (AvgIpc) is 2.66. The molecule has 0 aromatic heterocycles. The maximum absolute atomic E-state index is 10.6. The normalized spacial score (nSPS) is 13.9. The minimum Gasteiger partial charge on any atom is -0.742 e. The van der Waals surface area contributed by atoms with Gasteiger partial charge in [-0.25, -0.2) is 0 Å². The number of piperidine rings is 1. The van der Waals surface area contributed by atoms with Gasteiger partial charge in [0, 0.05) is 5.12 Å². The molecule has 1 saturated heterocycles. The summed E-state index contributed by atoms with van der Waals surface area (Å²) >= 11 is 4.54. The van der Waals surface area contributed by atoms with Gasteiger partial charge >= 0.3 is 0 Å². The van der Waals surface area contributed by atoms with Crippen LogP contribution in [-0.2, 0) is 17.4 Å². The van der Waals surface area contributed by atoms with Gasteiger partial charge in [0.2, 0.25) is 0 Å². The van der Waals surface area contributed by atoms with Crippen LogP contribution in [0.5, 0.6) is 0 Å². The van der Waals surface area contributed by atoms with Crippen LogP contribution in [0.4, 0.5) is 0 Å². The van der Waals surface area contributed by atoms with Crippen LogP contribution in [0.25, 0.3) is 0 Å². The summed E-state index contributed by atoms with van der Waals surface area (Å²) in [5, 5.41) is 2.32. The summed E-state index contributed by atoms with van der Waals surface area (Å²) in [7, 11) is 0. The first-order valence-corrected chi connectivity index (χ1v) is 12.2. The third-order valence-electron chi connectivity index (χ3n) is 5.30. The molecule has 0 unspecified atom stereocenters. The number of nitrogens with two attached hydrogens (primary N) is 1. The molecule has 0 aromatic carbocycles. The Bertz CT molecular complexity index is 268. The maximum atomic E-state index is 10.6. The molecule has 0 spiro atoms. The minimum absolute atomic E-state index is 0.0697. The second-order valence-corrected chi connectivity index (χ2v) is 8.45. The quantitative estimate of drug-likeness (QED) is 0.259. The summed E-state index contributed by atoms with van der Waals surface area (Å²) in [6.45, 7) is 5.03. The Hall–Kier alpha value is -0.150. The van der Waals surface area contributed by atoms with E-state index in [1.807, 2.05) is 0 Å². The minimum atomic E-state index is -0.0697. The molecular formula is C23H47NOS. The monoisotopic (exact) mass is 385 g/mol. The second kappa shape index (κ2) is 22.9. The largest absolute Gasteiger partial charge is 0.742 e. The van der Waals surface area contributed by atoms with Crippen LogP contribution in [0.1, 0.15) is 129 Å². The molecule has 0 aromatic rings. The number of carbonyl (C=O) groups excluding carboxylic acids is 1. The first-order chi connectivity index (χ1) is 12.8. The number of hydrogen-bond donors (Lipinski definition) is 1. The van der Waals surface area contributed by atoms with E-state index < -0.39 is 0 Å². The van der Waals surface area contributed by atoms with Crippen molar-refractivity contribution in [1.82, 2.24) is 0 Å². The molecule has 1 heterocycles. The molecule has 0 bridgehead atoms. The summed E-state index contributed by atoms with van der Waals surface area (Å²) in [4.78, 5) is 10.6. The second-order valence-electron chi connectivity index (χ2n) is 8.00. The molecule has 0 radical (unpaired) electrons. The molecule has 26 heavy (non-hydrogen) atoms. The summed E-state index contributed by atoms with van der Waals surface area (Å²) < 4.78 is 0. The van der Waals surface area contributed by atoms with E-state index in [-0.39, 0.29) is 5.12 Å². The molecule has 3 heteroatoms. The summed E-state index contributed by atoms with van der Waals surface area (Å²) in [5.74, 6) is 0. The van der Waals surface area contributed by atoms with E-state index in [4.69, 9.17) is 0 Å². The van der Waals surface area contributed by atoms with Crippen LogP contribution >= 0.6 is 0 Å². The third-order valence-corrected chi connectivity index (χ3v) is 5.51. The fourth-order valence-electron chi connectivity index (χ4n) is 3.54. The lowest BCUT2D eigenvalue weighted by Crippen LogP contribution is -2.85. The van der Waals surface area contributed by atoms with Gasteiger partial charge in [0.15, 0.2) is 0 Å². The Balaban J connectivity index is 0.000000867. The van der Waals surface area contributed by atoms with Crippen molar-refractivity contribution in [3.05, 3.63) is 0 Å². The average molecular weight is 386 g/mol. The molecule has 0 aliphatic carbocycles. The Morgan fingerprint density at radius 1 is 0.654 bits per heavy atom. The van der Waals surface area contributed by atoms with E-state index in [1.54, 1.807) is 0 Å². The van der Waals surface area contributed by atoms with Crippen LogP contribution in [0, 0.1) is 0 Å². The van der Waals surface area contributed by atoms with Crippen LogP contribution in [0.15, 0.2) is 0 Å². The number of quaternary nitrogens is 1. The lowest BCUT2D eigenvalue weighted by atomic mass is 10.0. The van der Waals surface area contributed by atoms with Crippen LogP contribution in [-0.4, -0.2) is 18.2 Å². The van der Waals surface area contributed by atoms with Crippen molar-refractivity contribution < 1.29 is 10.1 Å². The van der Waals surface area contributed by atoms with Gasteiger partial charge in [-0.3, -0.25) is 0 Å². The zero-order valence-electron chi connectivity index (χ0n) is 17.7. The van der Waals surface area contributed by atoms with E-state index in [0.717, 1.165) is 6.42 Å². The summed E-state index contributed by atoms with van der Waals surface area (Å²) in [6.07, 6.45) is 25.4. The van der Waals surface area contributed by atoms with Crippen molar-refractivity contribution >= 4 is 17.7 Å². The highest BCUT2D eigenvalue weighted by Crippen LogP contribution is 2.13. The standard InChI is InChI=1S/C18H36OS.C5H11N/c1-2-3-4-5-6-7-8-9-10-11-12-13-14-15-16-17-18(19)20;1-2-4-6-5-3-1/h2-17H2,1H3,(H,19,20);6H,1-5H2. The molecule has 0 amide bonds. The van der Waals surface area contributed by atoms with E-state index in [1.165, 1.54) is 122 Å². The van der Waals surface area contributed by atoms with E-state index >= 15 is 0 Å². The highest BCUT2D eigenvalue weighted by atomic mass is 32.1. The molecule has 1 aliphatic rings. The van der Waals surface area contributed by atoms with E-state index in [9.17, 15) is 4.79 Å². The van der Waals surface area contributed by atoms with Gasteiger partial charge in [0.25, 0.3) is 0 Å². The molecule has 2 nitrogen and oxygen atoms in total. The molecule has 0 saturated carbocycles. The van der Waals surface area contributed by atoms with Gasteiger partial charge in [-0.05, 0) is 32.1 Å². The fraction of sp³-hybridized carbons (Fsp3) is 0.957. The number of rotatable bonds is 16. The van der Waals surface area contributed by atoms with Crippen LogP contribution < -0.4 is 5.32 Å². The van der Waals surface area contributed by atoms with E-state index in [0.29, 0.717) is 6.42 Å². The van der Waals surface area contributed by atoms with Gasteiger partial charge in [-0.15, -0.1) is 0 Å². The maximum Gasteiger partial charge on any atom is 0.0755 e. The lowest BCUT2D eigenvalue weighted by molar-refractivity contribution is -0.662. The van der Waals surface area contributed by atoms with Crippen molar-refractivity contribution in [3.8, 4) is 0 Å². The van der Waals surface area contributed by atoms with Gasteiger partial charge in [-0.2, -0.15) is 0 Å². The van der Waals surface area contributed by atoms with Crippen LogP contribution in [0.2, 0.25) is 0 Å². The first kappa shape index (κ1) is 25.9. The summed E-state index contributed by atoms with van der Waals surface area (Å²) in [5.41, 5.74) is 0. The first-order valence-electron chi connectivity index (χ1n) is 11.8. The Kier molecular flexibility index (Phi) is 22.8. The van der Waals surface area contributed by atoms with Crippen molar-refractivity contribution in [2.45, 2.75) is 129 Å². The Morgan fingerprint density at radius 2 is 1.04 bits per heavy atom. The van der Waals surface area contributed by atoms with Crippen LogP contribution in [0.3, 0.4) is 0 Å². The zero-order chi connectivity index (χ0) is 19.1. The Morgan fingerprint density at radius 3 is 1.31 bits per heavy atom. The van der Waals surface area contributed by atoms with Crippen molar-refractivity contribution in [2.75, 3.05) is 13.1 Å². The van der Waals surface area contributed by atoms with Crippen molar-refractivity contribution in [2.24, 2.45) is 0 Å². The predicted molar refractivity (Wildman–Crippen MR) is 117 cm³/mol. The van der Waals surface area contributed by atoms with Gasteiger partial charge in [0.1, 0.15) is 0 Å². The van der Waals surface area contributed by atoms with Crippen molar-refractivity contribution in [3.63, 3.8) is 0 Å². The smallest absolute Gasteiger partial charge is 0.0755 e. The van der Waals surface area contributed by atoms with E-state index in [2.05, 4.69) is 24.9 Å². The summed E-state index contributed by atoms with van der Waals surface area (Å²) in [6, 6.07) is 0. The van der Waals surface area contributed by atoms with Gasteiger partial charge in [-0.1, -0.05) is 96.8 Å². The lowest BCUT2D eigenvalue weighted by Gasteiger charge is -2.05. The van der Waals surface area contributed by atoms with Gasteiger partial charge in [0.05, 0.1) is 13.1 Å². The molecule has 1 fully saturated rings. The molecule has 156 valence electrons. The molecule has 1 rings (SSSR count). The molecule has 0 atom stereocenters. The number of carbonyl (C=O) groups is 1. The van der Waals surface area contributed by atoms with Crippen molar-refractivity contribution in [1.29, 1.82) is 0 Å². The highest BCUT2D eigenvalue weighted by molar-refractivity contribution is 7.77. The SMILES string of the molecule is C1CC[NH2+]CC1.CCCCCCCCCCCCCCCCCC(=O)[S-]. The zero-order valence-corrected chi connectivity index (χ0v) is 18.6. The third kappa shape index (κ3) is 23.9. The highest BCUT2D eigenvalue weighted by Gasteiger charge is 1.97.